The standard InChI is InChI=1S/C15H24N2O2/c1-5-11(4)17-13(10(2)3)15(19)16-9-7-6-8-12(16)14(17)18/h5,10-13H,1,6-9H2,2-4H3. The predicted octanol–water partition coefficient (Wildman–Crippen LogP) is 1.81. The largest absolute Gasteiger partial charge is 0.329 e. The van der Waals surface area contributed by atoms with E-state index in [9.17, 15) is 9.59 Å². The van der Waals surface area contributed by atoms with Crippen LogP contribution < -0.4 is 0 Å². The van der Waals surface area contributed by atoms with Gasteiger partial charge >= 0.3 is 0 Å². The topological polar surface area (TPSA) is 40.6 Å². The molecule has 4 heteroatoms. The van der Waals surface area contributed by atoms with E-state index in [1.807, 2.05) is 25.7 Å². The summed E-state index contributed by atoms with van der Waals surface area (Å²) in [6.45, 7) is 10.4. The van der Waals surface area contributed by atoms with E-state index >= 15 is 0 Å². The van der Waals surface area contributed by atoms with Crippen LogP contribution in [0.1, 0.15) is 40.0 Å². The van der Waals surface area contributed by atoms with Crippen LogP contribution in [0, 0.1) is 5.92 Å². The lowest BCUT2D eigenvalue weighted by atomic mass is 9.89. The van der Waals surface area contributed by atoms with Crippen molar-refractivity contribution in [1.29, 1.82) is 0 Å². The highest BCUT2D eigenvalue weighted by molar-refractivity contribution is 5.97. The van der Waals surface area contributed by atoms with Crippen molar-refractivity contribution in [2.75, 3.05) is 6.54 Å². The Morgan fingerprint density at radius 1 is 1.21 bits per heavy atom. The molecule has 0 aliphatic carbocycles. The van der Waals surface area contributed by atoms with Crippen LogP contribution in [-0.2, 0) is 9.59 Å². The third-order valence-corrected chi connectivity index (χ3v) is 4.29. The average Bonchev–Trinajstić information content (AvgIpc) is 2.41. The fourth-order valence-corrected chi connectivity index (χ4v) is 3.22. The zero-order chi connectivity index (χ0) is 14.2. The maximum atomic E-state index is 12.7. The van der Waals surface area contributed by atoms with Crippen molar-refractivity contribution >= 4 is 11.8 Å². The fraction of sp³-hybridized carbons (Fsp3) is 0.733. The van der Waals surface area contributed by atoms with Gasteiger partial charge in [0.25, 0.3) is 0 Å². The van der Waals surface area contributed by atoms with Gasteiger partial charge in [0, 0.05) is 12.6 Å². The van der Waals surface area contributed by atoms with E-state index < -0.39 is 0 Å². The highest BCUT2D eigenvalue weighted by Gasteiger charge is 2.48. The molecule has 2 heterocycles. The van der Waals surface area contributed by atoms with Crippen molar-refractivity contribution in [3.8, 4) is 0 Å². The third-order valence-electron chi connectivity index (χ3n) is 4.29. The Morgan fingerprint density at radius 3 is 2.47 bits per heavy atom. The van der Waals surface area contributed by atoms with Gasteiger partial charge < -0.3 is 9.80 Å². The van der Waals surface area contributed by atoms with Gasteiger partial charge in [-0.3, -0.25) is 9.59 Å². The Kier molecular flexibility index (Phi) is 3.97. The molecule has 0 aromatic rings. The molecule has 0 N–H and O–H groups in total. The Labute approximate surface area is 115 Å². The maximum Gasteiger partial charge on any atom is 0.246 e. The Bertz CT molecular complexity index is 392. The van der Waals surface area contributed by atoms with E-state index in [0.29, 0.717) is 0 Å². The van der Waals surface area contributed by atoms with Crippen LogP contribution in [0.3, 0.4) is 0 Å². The van der Waals surface area contributed by atoms with E-state index in [1.165, 1.54) is 0 Å². The Balaban J connectivity index is 2.37. The zero-order valence-corrected chi connectivity index (χ0v) is 12.1. The van der Waals surface area contributed by atoms with Crippen molar-refractivity contribution in [2.45, 2.75) is 58.2 Å². The SMILES string of the molecule is C=CC(C)N1C(=O)C2CCCCN2C(=O)C1C(C)C. The zero-order valence-electron chi connectivity index (χ0n) is 12.1. The summed E-state index contributed by atoms with van der Waals surface area (Å²) in [5, 5.41) is 0. The number of carbonyl (C=O) groups excluding carboxylic acids is 2. The molecule has 0 aromatic carbocycles. The number of amides is 2. The van der Waals surface area contributed by atoms with Gasteiger partial charge in [-0.25, -0.2) is 0 Å². The Morgan fingerprint density at radius 2 is 1.89 bits per heavy atom. The van der Waals surface area contributed by atoms with Crippen LogP contribution in [0.15, 0.2) is 12.7 Å². The van der Waals surface area contributed by atoms with Crippen LogP contribution in [0.25, 0.3) is 0 Å². The molecule has 3 unspecified atom stereocenters. The smallest absolute Gasteiger partial charge is 0.246 e. The predicted molar refractivity (Wildman–Crippen MR) is 74.5 cm³/mol. The maximum absolute atomic E-state index is 12.7. The normalized spacial score (nSPS) is 29.5. The van der Waals surface area contributed by atoms with Crippen molar-refractivity contribution in [2.24, 2.45) is 5.92 Å². The molecule has 2 saturated heterocycles. The van der Waals surface area contributed by atoms with Crippen molar-refractivity contribution < 1.29 is 9.59 Å². The third kappa shape index (κ3) is 2.28. The number of hydrogen-bond acceptors (Lipinski definition) is 2. The molecule has 2 aliphatic heterocycles. The summed E-state index contributed by atoms with van der Waals surface area (Å²) in [6, 6.07) is -0.665. The van der Waals surface area contributed by atoms with Gasteiger partial charge in [0.1, 0.15) is 12.1 Å². The first-order valence-electron chi connectivity index (χ1n) is 7.24. The molecule has 3 atom stereocenters. The molecular weight excluding hydrogens is 240 g/mol. The van der Waals surface area contributed by atoms with Gasteiger partial charge in [-0.15, -0.1) is 6.58 Å². The van der Waals surface area contributed by atoms with Crippen LogP contribution in [-0.4, -0.2) is 46.3 Å². The van der Waals surface area contributed by atoms with Crippen molar-refractivity contribution in [3.63, 3.8) is 0 Å². The summed E-state index contributed by atoms with van der Waals surface area (Å²) in [6.07, 6.45) is 4.59. The molecule has 0 bridgehead atoms. The monoisotopic (exact) mass is 264 g/mol. The van der Waals surface area contributed by atoms with Crippen molar-refractivity contribution in [1.82, 2.24) is 9.80 Å². The molecule has 0 saturated carbocycles. The number of piperazine rings is 1. The number of nitrogens with zero attached hydrogens (tertiary/aromatic N) is 2. The summed E-state index contributed by atoms with van der Waals surface area (Å²) in [5.74, 6) is 0.347. The molecule has 2 aliphatic rings. The van der Waals surface area contributed by atoms with Gasteiger partial charge in [-0.1, -0.05) is 19.9 Å². The van der Waals surface area contributed by atoms with Gasteiger partial charge in [-0.05, 0) is 32.1 Å². The lowest BCUT2D eigenvalue weighted by Gasteiger charge is -2.49. The number of fused-ring (bicyclic) bond motifs is 1. The van der Waals surface area contributed by atoms with Gasteiger partial charge in [-0.2, -0.15) is 0 Å². The van der Waals surface area contributed by atoms with Crippen LogP contribution >= 0.6 is 0 Å². The lowest BCUT2D eigenvalue weighted by molar-refractivity contribution is -0.167. The molecule has 0 aromatic heterocycles. The quantitative estimate of drug-likeness (QED) is 0.729. The second kappa shape index (κ2) is 5.35. The van der Waals surface area contributed by atoms with E-state index in [2.05, 4.69) is 6.58 Å². The number of carbonyl (C=O) groups is 2. The molecule has 2 fully saturated rings. The van der Waals surface area contributed by atoms with E-state index in [0.717, 1.165) is 25.8 Å². The first-order valence-corrected chi connectivity index (χ1v) is 7.24. The number of piperidine rings is 1. The average molecular weight is 264 g/mol. The molecule has 0 spiro atoms. The fourth-order valence-electron chi connectivity index (χ4n) is 3.22. The molecule has 19 heavy (non-hydrogen) atoms. The van der Waals surface area contributed by atoms with Crippen molar-refractivity contribution in [3.05, 3.63) is 12.7 Å². The minimum atomic E-state index is -0.338. The highest BCUT2D eigenvalue weighted by atomic mass is 16.2. The second-order valence-electron chi connectivity index (χ2n) is 5.95. The van der Waals surface area contributed by atoms with E-state index in [-0.39, 0.29) is 35.9 Å². The summed E-state index contributed by atoms with van der Waals surface area (Å²) in [5.41, 5.74) is 0. The second-order valence-corrected chi connectivity index (χ2v) is 5.95. The number of hydrogen-bond donors (Lipinski definition) is 0. The summed E-state index contributed by atoms with van der Waals surface area (Å²) in [4.78, 5) is 28.9. The molecule has 4 nitrogen and oxygen atoms in total. The molecule has 0 radical (unpaired) electrons. The molecule has 2 amide bonds. The lowest BCUT2D eigenvalue weighted by Crippen LogP contribution is -2.68. The number of rotatable bonds is 3. The van der Waals surface area contributed by atoms with E-state index in [1.54, 1.807) is 11.0 Å². The first kappa shape index (κ1) is 14.1. The minimum absolute atomic E-state index is 0.0899. The van der Waals surface area contributed by atoms with Crippen LogP contribution in [0.2, 0.25) is 0 Å². The summed E-state index contributed by atoms with van der Waals surface area (Å²) < 4.78 is 0. The summed E-state index contributed by atoms with van der Waals surface area (Å²) >= 11 is 0. The van der Waals surface area contributed by atoms with E-state index in [4.69, 9.17) is 0 Å². The van der Waals surface area contributed by atoms with Crippen LogP contribution in [0.5, 0.6) is 0 Å². The highest BCUT2D eigenvalue weighted by Crippen LogP contribution is 2.30. The Hall–Kier alpha value is -1.32. The van der Waals surface area contributed by atoms with Gasteiger partial charge in [0.15, 0.2) is 0 Å². The molecule has 2 rings (SSSR count). The van der Waals surface area contributed by atoms with Gasteiger partial charge in [0.05, 0.1) is 0 Å². The van der Waals surface area contributed by atoms with Crippen LogP contribution in [0.4, 0.5) is 0 Å². The summed E-state index contributed by atoms with van der Waals surface area (Å²) in [7, 11) is 0. The van der Waals surface area contributed by atoms with Gasteiger partial charge in [0.2, 0.25) is 11.8 Å². The molecule has 106 valence electrons. The molecular formula is C15H24N2O2. The minimum Gasteiger partial charge on any atom is -0.329 e. The first-order chi connectivity index (χ1) is 8.99.